The van der Waals surface area contributed by atoms with Crippen molar-refractivity contribution in [3.05, 3.63) is 0 Å². The van der Waals surface area contributed by atoms with Crippen LogP contribution in [0.4, 0.5) is 0 Å². The summed E-state index contributed by atoms with van der Waals surface area (Å²) in [6.07, 6.45) is 9.62. The molecular formula is C15H34OSi. The van der Waals surface area contributed by atoms with Gasteiger partial charge in [0.05, 0.1) is 0 Å². The van der Waals surface area contributed by atoms with E-state index < -0.39 is 8.32 Å². The van der Waals surface area contributed by atoms with Crippen molar-refractivity contribution in [3.8, 4) is 0 Å². The minimum atomic E-state index is -1.36. The summed E-state index contributed by atoms with van der Waals surface area (Å²) in [5.74, 6) is 0. The van der Waals surface area contributed by atoms with E-state index in [9.17, 15) is 0 Å². The highest BCUT2D eigenvalue weighted by Gasteiger charge is 2.31. The third-order valence-electron chi connectivity index (χ3n) is 3.60. The van der Waals surface area contributed by atoms with Gasteiger partial charge in [0, 0.05) is 6.61 Å². The van der Waals surface area contributed by atoms with Gasteiger partial charge in [0.15, 0.2) is 8.32 Å². The third-order valence-corrected chi connectivity index (χ3v) is 8.59. The lowest BCUT2D eigenvalue weighted by Gasteiger charge is -2.31. The Kier molecular flexibility index (Phi) is 11.4. The van der Waals surface area contributed by atoms with E-state index in [1.807, 2.05) is 0 Å². The van der Waals surface area contributed by atoms with Gasteiger partial charge >= 0.3 is 0 Å². The van der Waals surface area contributed by atoms with Crippen LogP contribution >= 0.6 is 0 Å². The van der Waals surface area contributed by atoms with Crippen LogP contribution in [0.3, 0.4) is 0 Å². The molecule has 0 atom stereocenters. The average Bonchev–Trinajstić information content (AvgIpc) is 2.30. The summed E-state index contributed by atoms with van der Waals surface area (Å²) in [7, 11) is -1.36. The van der Waals surface area contributed by atoms with Crippen LogP contribution in [0.1, 0.15) is 72.6 Å². The number of hydrogen-bond acceptors (Lipinski definition) is 1. The monoisotopic (exact) mass is 258 g/mol. The summed E-state index contributed by atoms with van der Waals surface area (Å²) in [6.45, 7) is 10.0. The first-order valence-corrected chi connectivity index (χ1v) is 10.4. The second-order valence-corrected chi connectivity index (χ2v) is 9.43. The minimum Gasteiger partial charge on any atom is -0.417 e. The Morgan fingerprint density at radius 2 is 1.24 bits per heavy atom. The second kappa shape index (κ2) is 11.3. The van der Waals surface area contributed by atoms with Gasteiger partial charge in [-0.1, -0.05) is 65.7 Å². The van der Waals surface area contributed by atoms with Gasteiger partial charge in [-0.05, 0) is 25.1 Å². The maximum Gasteiger partial charge on any atom is 0.192 e. The molecule has 0 aliphatic rings. The van der Waals surface area contributed by atoms with Crippen LogP contribution < -0.4 is 0 Å². The molecule has 0 bridgehead atoms. The van der Waals surface area contributed by atoms with Gasteiger partial charge in [-0.2, -0.15) is 0 Å². The predicted molar refractivity (Wildman–Crippen MR) is 81.1 cm³/mol. The summed E-state index contributed by atoms with van der Waals surface area (Å²) in [6, 6.07) is 4.16. The molecule has 0 unspecified atom stereocenters. The standard InChI is InChI=1S/C15H34OSi/c1-5-9-10-11-12-15-17(13-6-2,14-7-3)16-8-4/h5-15H2,1-4H3. The maximum absolute atomic E-state index is 6.26. The molecule has 17 heavy (non-hydrogen) atoms. The van der Waals surface area contributed by atoms with Gasteiger partial charge in [-0.15, -0.1) is 0 Å². The summed E-state index contributed by atoms with van der Waals surface area (Å²) in [5.41, 5.74) is 0. The molecule has 0 saturated heterocycles. The van der Waals surface area contributed by atoms with Crippen molar-refractivity contribution < 1.29 is 4.43 Å². The zero-order chi connectivity index (χ0) is 13.0. The molecule has 0 saturated carbocycles. The van der Waals surface area contributed by atoms with Crippen molar-refractivity contribution in [3.63, 3.8) is 0 Å². The summed E-state index contributed by atoms with van der Waals surface area (Å²) < 4.78 is 6.26. The highest BCUT2D eigenvalue weighted by molar-refractivity contribution is 6.73. The van der Waals surface area contributed by atoms with E-state index in [1.165, 1.54) is 63.1 Å². The number of rotatable bonds is 12. The predicted octanol–water partition coefficient (Wildman–Crippen LogP) is 5.76. The summed E-state index contributed by atoms with van der Waals surface area (Å²) in [5, 5.41) is 0. The van der Waals surface area contributed by atoms with Crippen LogP contribution in [0.15, 0.2) is 0 Å². The lowest BCUT2D eigenvalue weighted by Crippen LogP contribution is -2.37. The van der Waals surface area contributed by atoms with Gasteiger partial charge in [0.25, 0.3) is 0 Å². The van der Waals surface area contributed by atoms with Gasteiger partial charge in [-0.3, -0.25) is 0 Å². The topological polar surface area (TPSA) is 9.23 Å². The Hall–Kier alpha value is 0.177. The van der Waals surface area contributed by atoms with Crippen molar-refractivity contribution in [2.24, 2.45) is 0 Å². The SMILES string of the molecule is CCCCCCC[Si](CCC)(CCC)OCC. The van der Waals surface area contributed by atoms with E-state index in [4.69, 9.17) is 4.43 Å². The first kappa shape index (κ1) is 17.2. The van der Waals surface area contributed by atoms with Gasteiger partial charge in [-0.25, -0.2) is 0 Å². The van der Waals surface area contributed by atoms with E-state index >= 15 is 0 Å². The first-order chi connectivity index (χ1) is 8.24. The molecule has 2 heteroatoms. The molecule has 0 radical (unpaired) electrons. The molecule has 104 valence electrons. The fraction of sp³-hybridized carbons (Fsp3) is 1.00. The Morgan fingerprint density at radius 1 is 0.647 bits per heavy atom. The van der Waals surface area contributed by atoms with Crippen LogP contribution in [0.5, 0.6) is 0 Å². The molecule has 0 rings (SSSR count). The molecule has 1 nitrogen and oxygen atoms in total. The largest absolute Gasteiger partial charge is 0.417 e. The minimum absolute atomic E-state index is 0.932. The Bertz CT molecular complexity index is 142. The van der Waals surface area contributed by atoms with E-state index in [2.05, 4.69) is 27.7 Å². The van der Waals surface area contributed by atoms with Crippen molar-refractivity contribution >= 4 is 8.32 Å². The third kappa shape index (κ3) is 7.99. The van der Waals surface area contributed by atoms with Crippen molar-refractivity contribution in [2.75, 3.05) is 6.61 Å². The fourth-order valence-corrected chi connectivity index (χ4v) is 7.37. The molecule has 0 aliphatic carbocycles. The second-order valence-electron chi connectivity index (χ2n) is 5.28. The van der Waals surface area contributed by atoms with E-state index in [0.29, 0.717) is 0 Å². The zero-order valence-electron chi connectivity index (χ0n) is 12.7. The smallest absolute Gasteiger partial charge is 0.192 e. The molecule has 0 aliphatic heterocycles. The average molecular weight is 259 g/mol. The fourth-order valence-electron chi connectivity index (χ4n) is 2.86. The molecule has 0 heterocycles. The molecule has 0 aromatic carbocycles. The van der Waals surface area contributed by atoms with Crippen LogP contribution in [-0.2, 0) is 4.43 Å². The molecule has 0 fully saturated rings. The molecule has 0 amide bonds. The summed E-state index contributed by atoms with van der Waals surface area (Å²) >= 11 is 0. The van der Waals surface area contributed by atoms with Crippen LogP contribution in [0.25, 0.3) is 0 Å². The normalized spacial score (nSPS) is 12.0. The Morgan fingerprint density at radius 3 is 1.71 bits per heavy atom. The van der Waals surface area contributed by atoms with E-state index in [-0.39, 0.29) is 0 Å². The molecule has 0 aromatic heterocycles. The molecular weight excluding hydrogens is 224 g/mol. The highest BCUT2D eigenvalue weighted by Crippen LogP contribution is 2.28. The van der Waals surface area contributed by atoms with Crippen molar-refractivity contribution in [2.45, 2.75) is 90.8 Å². The lowest BCUT2D eigenvalue weighted by molar-refractivity contribution is 0.315. The van der Waals surface area contributed by atoms with E-state index in [0.717, 1.165) is 6.61 Å². The Balaban J connectivity index is 4.05. The summed E-state index contributed by atoms with van der Waals surface area (Å²) in [4.78, 5) is 0. The molecule has 0 N–H and O–H groups in total. The van der Waals surface area contributed by atoms with Crippen molar-refractivity contribution in [1.29, 1.82) is 0 Å². The van der Waals surface area contributed by atoms with E-state index in [1.54, 1.807) is 0 Å². The van der Waals surface area contributed by atoms with Gasteiger partial charge < -0.3 is 4.43 Å². The zero-order valence-corrected chi connectivity index (χ0v) is 13.7. The number of hydrogen-bond donors (Lipinski definition) is 0. The highest BCUT2D eigenvalue weighted by atomic mass is 28.4. The van der Waals surface area contributed by atoms with Crippen LogP contribution in [0.2, 0.25) is 18.1 Å². The van der Waals surface area contributed by atoms with Crippen LogP contribution in [-0.4, -0.2) is 14.9 Å². The lowest BCUT2D eigenvalue weighted by atomic mass is 10.2. The first-order valence-electron chi connectivity index (χ1n) is 7.88. The van der Waals surface area contributed by atoms with Gasteiger partial charge in [0.1, 0.15) is 0 Å². The Labute approximate surface area is 110 Å². The van der Waals surface area contributed by atoms with Crippen LogP contribution in [0, 0.1) is 0 Å². The quantitative estimate of drug-likeness (QED) is 0.319. The molecule has 0 aromatic rings. The van der Waals surface area contributed by atoms with Crippen molar-refractivity contribution in [1.82, 2.24) is 0 Å². The van der Waals surface area contributed by atoms with Gasteiger partial charge in [0.2, 0.25) is 0 Å². The maximum atomic E-state index is 6.26. The number of unbranched alkanes of at least 4 members (excludes halogenated alkanes) is 4. The molecule has 0 spiro atoms.